The molecule has 0 spiro atoms. The van der Waals surface area contributed by atoms with Crippen molar-refractivity contribution in [1.82, 2.24) is 15.2 Å². The Hall–Kier alpha value is -2.23. The molecule has 3 nitrogen and oxygen atoms in total. The minimum atomic E-state index is 0.635. The van der Waals surface area contributed by atoms with Crippen LogP contribution in [-0.2, 0) is 0 Å². The van der Waals surface area contributed by atoms with E-state index in [0.29, 0.717) is 5.92 Å². The summed E-state index contributed by atoms with van der Waals surface area (Å²) in [5.74, 6) is 0.635. The third kappa shape index (κ3) is 2.99. The zero-order valence-corrected chi connectivity index (χ0v) is 17.4. The second kappa shape index (κ2) is 6.93. The van der Waals surface area contributed by atoms with Crippen molar-refractivity contribution in [2.75, 3.05) is 26.2 Å². The van der Waals surface area contributed by atoms with Crippen molar-refractivity contribution in [2.45, 2.75) is 25.7 Å². The highest BCUT2D eigenvalue weighted by atomic mass is 35.5. The fourth-order valence-corrected chi connectivity index (χ4v) is 5.81. The number of hydrogen-bond acceptors (Lipinski definition) is 2. The number of allylic oxidation sites excluding steroid dienone is 4. The smallest absolute Gasteiger partial charge is 0.0475 e. The van der Waals surface area contributed by atoms with E-state index in [-0.39, 0.29) is 0 Å². The maximum atomic E-state index is 6.14. The summed E-state index contributed by atoms with van der Waals surface area (Å²) in [4.78, 5) is 6.02. The van der Waals surface area contributed by atoms with Crippen LogP contribution in [0, 0.1) is 5.92 Å². The molecule has 6 rings (SSSR count). The first-order valence-corrected chi connectivity index (χ1v) is 11.2. The van der Waals surface area contributed by atoms with Gasteiger partial charge in [-0.25, -0.2) is 0 Å². The van der Waals surface area contributed by atoms with E-state index in [1.165, 1.54) is 29.4 Å². The molecule has 3 heterocycles. The number of aromatic amines is 1. The van der Waals surface area contributed by atoms with Gasteiger partial charge in [0.15, 0.2) is 0 Å². The third-order valence-electron chi connectivity index (χ3n) is 7.03. The van der Waals surface area contributed by atoms with Crippen LogP contribution in [0.2, 0.25) is 5.02 Å². The highest BCUT2D eigenvalue weighted by Gasteiger charge is 2.33. The molecule has 0 radical (unpaired) electrons. The molecule has 29 heavy (non-hydrogen) atoms. The van der Waals surface area contributed by atoms with Crippen LogP contribution >= 0.6 is 11.6 Å². The molecule has 0 amide bonds. The van der Waals surface area contributed by atoms with E-state index in [1.54, 1.807) is 22.4 Å². The van der Waals surface area contributed by atoms with Crippen molar-refractivity contribution >= 4 is 28.1 Å². The van der Waals surface area contributed by atoms with Crippen LogP contribution in [0.4, 0.5) is 0 Å². The molecule has 2 N–H and O–H groups in total. The fraction of sp³-hybridized carbons (Fsp3) is 0.360. The Morgan fingerprint density at radius 1 is 1.21 bits per heavy atom. The minimum absolute atomic E-state index is 0.635. The van der Waals surface area contributed by atoms with Crippen LogP contribution in [0.25, 0.3) is 16.5 Å². The molecule has 1 aromatic heterocycles. The Morgan fingerprint density at radius 2 is 2.17 bits per heavy atom. The first-order chi connectivity index (χ1) is 14.3. The van der Waals surface area contributed by atoms with Gasteiger partial charge in [-0.05, 0) is 54.5 Å². The van der Waals surface area contributed by atoms with Crippen molar-refractivity contribution in [3.8, 4) is 0 Å². The number of aromatic nitrogens is 1. The van der Waals surface area contributed by atoms with Gasteiger partial charge in [-0.1, -0.05) is 41.5 Å². The van der Waals surface area contributed by atoms with Crippen molar-refractivity contribution in [3.05, 3.63) is 75.6 Å². The van der Waals surface area contributed by atoms with Crippen LogP contribution in [0.3, 0.4) is 0 Å². The van der Waals surface area contributed by atoms with Crippen LogP contribution in [-0.4, -0.2) is 36.1 Å². The molecule has 1 unspecified atom stereocenters. The van der Waals surface area contributed by atoms with Gasteiger partial charge in [-0.2, -0.15) is 0 Å². The number of fused-ring (bicyclic) bond motifs is 2. The van der Waals surface area contributed by atoms with E-state index < -0.39 is 0 Å². The van der Waals surface area contributed by atoms with E-state index in [0.717, 1.165) is 49.6 Å². The standard InChI is InChI=1S/C25H26ClN3/c26-19-4-5-21-23(14-28-24(21)13-19)16-7-10-29(11-8-16)15-18-12-17-2-1-3-20(17)22-6-9-27-25(18)22/h1,3-5,7,13-14,18,27-28H,2,6,8-12,15H2. The molecule has 1 aromatic carbocycles. The SMILES string of the molecule is Clc1ccc2c(C3=CCN(CC4CC5=C(C=CC5)C5=C4NCC5)CC3)c[nH]c2c1. The summed E-state index contributed by atoms with van der Waals surface area (Å²) >= 11 is 6.14. The lowest BCUT2D eigenvalue weighted by Crippen LogP contribution is -2.36. The summed E-state index contributed by atoms with van der Waals surface area (Å²) in [5, 5.41) is 5.78. The second-order valence-electron chi connectivity index (χ2n) is 8.72. The predicted molar refractivity (Wildman–Crippen MR) is 121 cm³/mol. The molecule has 2 aliphatic carbocycles. The molecule has 0 saturated heterocycles. The number of nitrogens with one attached hydrogen (secondary N) is 2. The van der Waals surface area contributed by atoms with E-state index in [1.807, 2.05) is 12.1 Å². The number of nitrogens with zero attached hydrogens (tertiary/aromatic N) is 1. The molecule has 148 valence electrons. The first kappa shape index (κ1) is 17.6. The lowest BCUT2D eigenvalue weighted by molar-refractivity contribution is 0.261. The van der Waals surface area contributed by atoms with Gasteiger partial charge in [0.1, 0.15) is 0 Å². The lowest BCUT2D eigenvalue weighted by Gasteiger charge is -2.33. The predicted octanol–water partition coefficient (Wildman–Crippen LogP) is 5.43. The summed E-state index contributed by atoms with van der Waals surface area (Å²) in [6.07, 6.45) is 14.0. The fourth-order valence-electron chi connectivity index (χ4n) is 5.64. The summed E-state index contributed by atoms with van der Waals surface area (Å²) in [6.45, 7) is 4.45. The van der Waals surface area contributed by atoms with Gasteiger partial charge in [-0.3, -0.25) is 4.90 Å². The maximum absolute atomic E-state index is 6.14. The molecular weight excluding hydrogens is 378 g/mol. The second-order valence-corrected chi connectivity index (χ2v) is 9.16. The van der Waals surface area contributed by atoms with Gasteiger partial charge in [0, 0.05) is 65.5 Å². The third-order valence-corrected chi connectivity index (χ3v) is 7.27. The summed E-state index contributed by atoms with van der Waals surface area (Å²) in [5.41, 5.74) is 10.3. The van der Waals surface area contributed by atoms with Crippen LogP contribution < -0.4 is 5.32 Å². The molecule has 4 aliphatic rings. The first-order valence-electron chi connectivity index (χ1n) is 10.8. The van der Waals surface area contributed by atoms with Crippen LogP contribution in [0.15, 0.2) is 65.0 Å². The molecule has 2 aromatic rings. The molecule has 1 atom stereocenters. The van der Waals surface area contributed by atoms with Crippen molar-refractivity contribution < 1.29 is 0 Å². The number of rotatable bonds is 3. The van der Waals surface area contributed by atoms with E-state index >= 15 is 0 Å². The normalized spacial score (nSPS) is 24.2. The van der Waals surface area contributed by atoms with Crippen molar-refractivity contribution in [3.63, 3.8) is 0 Å². The van der Waals surface area contributed by atoms with E-state index in [9.17, 15) is 0 Å². The van der Waals surface area contributed by atoms with Gasteiger partial charge in [-0.15, -0.1) is 0 Å². The van der Waals surface area contributed by atoms with Gasteiger partial charge in [0.05, 0.1) is 0 Å². The van der Waals surface area contributed by atoms with Crippen molar-refractivity contribution in [2.24, 2.45) is 5.92 Å². The quantitative estimate of drug-likeness (QED) is 0.715. The Balaban J connectivity index is 1.19. The number of H-pyrrole nitrogens is 1. The Labute approximate surface area is 176 Å². The zero-order chi connectivity index (χ0) is 19.4. The van der Waals surface area contributed by atoms with Gasteiger partial charge in [0.2, 0.25) is 0 Å². The average molecular weight is 404 g/mol. The average Bonchev–Trinajstić information content (AvgIpc) is 3.47. The van der Waals surface area contributed by atoms with Crippen LogP contribution in [0.5, 0.6) is 0 Å². The minimum Gasteiger partial charge on any atom is -0.387 e. The Kier molecular flexibility index (Phi) is 4.21. The largest absolute Gasteiger partial charge is 0.387 e. The van der Waals surface area contributed by atoms with Gasteiger partial charge < -0.3 is 10.3 Å². The monoisotopic (exact) mass is 403 g/mol. The Bertz CT molecular complexity index is 1110. The number of benzene rings is 1. The van der Waals surface area contributed by atoms with Crippen molar-refractivity contribution in [1.29, 1.82) is 0 Å². The van der Waals surface area contributed by atoms with Crippen LogP contribution in [0.1, 0.15) is 31.2 Å². The molecule has 4 heteroatoms. The highest BCUT2D eigenvalue weighted by molar-refractivity contribution is 6.31. The summed E-state index contributed by atoms with van der Waals surface area (Å²) in [7, 11) is 0. The number of hydrogen-bond donors (Lipinski definition) is 2. The molecule has 0 fully saturated rings. The lowest BCUT2D eigenvalue weighted by atomic mass is 9.83. The maximum Gasteiger partial charge on any atom is 0.0475 e. The molecule has 2 aliphatic heterocycles. The van der Waals surface area contributed by atoms with E-state index in [4.69, 9.17) is 11.6 Å². The summed E-state index contributed by atoms with van der Waals surface area (Å²) in [6, 6.07) is 6.14. The summed E-state index contributed by atoms with van der Waals surface area (Å²) < 4.78 is 0. The van der Waals surface area contributed by atoms with Gasteiger partial charge in [0.25, 0.3) is 0 Å². The zero-order valence-electron chi connectivity index (χ0n) is 16.6. The highest BCUT2D eigenvalue weighted by Crippen LogP contribution is 2.42. The Morgan fingerprint density at radius 3 is 3.07 bits per heavy atom. The van der Waals surface area contributed by atoms with E-state index in [2.05, 4.69) is 45.7 Å². The topological polar surface area (TPSA) is 31.1 Å². The molecule has 0 saturated carbocycles. The molecule has 0 bridgehead atoms. The molecular formula is C25H26ClN3. The number of halogens is 1. The van der Waals surface area contributed by atoms with Gasteiger partial charge >= 0.3 is 0 Å².